The van der Waals surface area contributed by atoms with Gasteiger partial charge in [-0.25, -0.2) is 4.79 Å². The zero-order chi connectivity index (χ0) is 16.6. The smallest absolute Gasteiger partial charge is 0.328 e. The summed E-state index contributed by atoms with van der Waals surface area (Å²) in [6.45, 7) is 1.78. The van der Waals surface area contributed by atoms with Gasteiger partial charge in [-0.05, 0) is 30.7 Å². The second-order valence-corrected chi connectivity index (χ2v) is 6.54. The number of benzene rings is 1. The maximum absolute atomic E-state index is 12.5. The zero-order valence-corrected chi connectivity index (χ0v) is 14.0. The molecular weight excluding hydrogens is 338 g/mol. The van der Waals surface area contributed by atoms with Crippen molar-refractivity contribution in [2.45, 2.75) is 13.0 Å². The van der Waals surface area contributed by atoms with Crippen molar-refractivity contribution in [3.05, 3.63) is 28.7 Å². The summed E-state index contributed by atoms with van der Waals surface area (Å²) in [5.74, 6) is 0.493. The minimum Gasteiger partial charge on any atom is -0.467 e. The van der Waals surface area contributed by atoms with Gasteiger partial charge in [0.05, 0.1) is 12.0 Å². The van der Waals surface area contributed by atoms with E-state index >= 15 is 0 Å². The fourth-order valence-electron chi connectivity index (χ4n) is 2.24. The first kappa shape index (κ1) is 15.8. The van der Waals surface area contributed by atoms with Crippen LogP contribution in [0.15, 0.2) is 23.1 Å². The standard InChI is InChI=1S/C15H13NO5S2/c1-8(14(18)19-2)16-13(17)12(23-15(16)22)6-9-3-4-10-11(5-9)21-7-20-10/h3-6,8H,7H2,1-2H3/b12-6-/t8-/m0/s1. The highest BCUT2D eigenvalue weighted by atomic mass is 32.2. The molecule has 1 fully saturated rings. The largest absolute Gasteiger partial charge is 0.467 e. The Morgan fingerprint density at radius 3 is 2.91 bits per heavy atom. The molecule has 0 N–H and O–H groups in total. The predicted octanol–water partition coefficient (Wildman–Crippen LogP) is 2.18. The maximum atomic E-state index is 12.5. The molecule has 0 aliphatic carbocycles. The van der Waals surface area contributed by atoms with Crippen molar-refractivity contribution >= 4 is 46.3 Å². The molecular formula is C15H13NO5S2. The molecule has 120 valence electrons. The van der Waals surface area contributed by atoms with Gasteiger partial charge in [0.1, 0.15) is 10.4 Å². The summed E-state index contributed by atoms with van der Waals surface area (Å²) in [6, 6.07) is 4.64. The van der Waals surface area contributed by atoms with Crippen LogP contribution in [0, 0.1) is 0 Å². The van der Waals surface area contributed by atoms with Crippen LogP contribution in [0.1, 0.15) is 12.5 Å². The quantitative estimate of drug-likeness (QED) is 0.470. The summed E-state index contributed by atoms with van der Waals surface area (Å²) < 4.78 is 15.6. The number of ether oxygens (including phenoxy) is 3. The molecule has 0 unspecified atom stereocenters. The van der Waals surface area contributed by atoms with Crippen LogP contribution in [0.3, 0.4) is 0 Å². The van der Waals surface area contributed by atoms with Crippen LogP contribution in [0.2, 0.25) is 0 Å². The minimum absolute atomic E-state index is 0.192. The Bertz CT molecular complexity index is 731. The molecule has 0 bridgehead atoms. The Kier molecular flexibility index (Phi) is 4.27. The number of nitrogens with zero attached hydrogens (tertiary/aromatic N) is 1. The van der Waals surface area contributed by atoms with E-state index in [-0.39, 0.29) is 12.7 Å². The van der Waals surface area contributed by atoms with Gasteiger partial charge in [-0.3, -0.25) is 9.69 Å². The normalized spacial score (nSPS) is 19.4. The third-order valence-corrected chi connectivity index (χ3v) is 4.78. The number of methoxy groups -OCH3 is 1. The maximum Gasteiger partial charge on any atom is 0.328 e. The van der Waals surface area contributed by atoms with Crippen molar-refractivity contribution in [2.24, 2.45) is 0 Å². The minimum atomic E-state index is -0.754. The molecule has 2 aliphatic rings. The van der Waals surface area contributed by atoms with Crippen molar-refractivity contribution in [3.8, 4) is 11.5 Å². The van der Waals surface area contributed by atoms with Crippen molar-refractivity contribution in [1.29, 1.82) is 0 Å². The third kappa shape index (κ3) is 2.91. The second kappa shape index (κ2) is 6.21. The molecule has 1 aromatic carbocycles. The summed E-state index contributed by atoms with van der Waals surface area (Å²) in [5.41, 5.74) is 0.792. The first-order valence-electron chi connectivity index (χ1n) is 6.76. The van der Waals surface area contributed by atoms with E-state index in [1.54, 1.807) is 25.1 Å². The number of esters is 1. The fraction of sp³-hybridized carbons (Fsp3) is 0.267. The zero-order valence-electron chi connectivity index (χ0n) is 12.4. The first-order chi connectivity index (χ1) is 11.0. The Balaban J connectivity index is 1.85. The van der Waals surface area contributed by atoms with Crippen molar-refractivity contribution in [2.75, 3.05) is 13.9 Å². The van der Waals surface area contributed by atoms with Crippen LogP contribution < -0.4 is 9.47 Å². The van der Waals surface area contributed by atoms with E-state index in [0.29, 0.717) is 20.7 Å². The average Bonchev–Trinajstić information content (AvgIpc) is 3.10. The Morgan fingerprint density at radius 2 is 2.17 bits per heavy atom. The van der Waals surface area contributed by atoms with Gasteiger partial charge in [0.25, 0.3) is 5.91 Å². The summed E-state index contributed by atoms with van der Waals surface area (Å²) in [4.78, 5) is 25.9. The molecule has 6 nitrogen and oxygen atoms in total. The molecule has 0 spiro atoms. The predicted molar refractivity (Wildman–Crippen MR) is 89.1 cm³/mol. The number of amides is 1. The van der Waals surface area contributed by atoms with E-state index in [0.717, 1.165) is 17.3 Å². The van der Waals surface area contributed by atoms with Crippen molar-refractivity contribution in [1.82, 2.24) is 4.90 Å². The highest BCUT2D eigenvalue weighted by molar-refractivity contribution is 8.26. The van der Waals surface area contributed by atoms with Gasteiger partial charge in [0, 0.05) is 0 Å². The van der Waals surface area contributed by atoms with Crippen LogP contribution >= 0.6 is 24.0 Å². The van der Waals surface area contributed by atoms with Crippen LogP contribution in [-0.2, 0) is 14.3 Å². The molecule has 0 radical (unpaired) electrons. The monoisotopic (exact) mass is 351 g/mol. The number of carbonyl (C=O) groups excluding carboxylic acids is 2. The molecule has 3 rings (SSSR count). The average molecular weight is 351 g/mol. The fourth-order valence-corrected chi connectivity index (χ4v) is 3.66. The lowest BCUT2D eigenvalue weighted by molar-refractivity contribution is -0.147. The summed E-state index contributed by atoms with van der Waals surface area (Å²) >= 11 is 6.36. The van der Waals surface area contributed by atoms with E-state index in [4.69, 9.17) is 21.7 Å². The number of hydrogen-bond acceptors (Lipinski definition) is 7. The highest BCUT2D eigenvalue weighted by Crippen LogP contribution is 2.37. The van der Waals surface area contributed by atoms with Gasteiger partial charge >= 0.3 is 5.97 Å². The number of rotatable bonds is 3. The Labute approximate surface area is 142 Å². The van der Waals surface area contributed by atoms with Crippen molar-refractivity contribution < 1.29 is 23.8 Å². The third-order valence-electron chi connectivity index (χ3n) is 3.45. The van der Waals surface area contributed by atoms with Crippen LogP contribution in [0.25, 0.3) is 6.08 Å². The summed E-state index contributed by atoms with van der Waals surface area (Å²) in [5, 5.41) is 0. The second-order valence-electron chi connectivity index (χ2n) is 4.86. The van der Waals surface area contributed by atoms with Crippen LogP contribution in [0.5, 0.6) is 11.5 Å². The number of carbonyl (C=O) groups is 2. The summed E-state index contributed by atoms with van der Waals surface area (Å²) in [6.07, 6.45) is 1.71. The molecule has 1 saturated heterocycles. The Morgan fingerprint density at radius 1 is 1.43 bits per heavy atom. The van der Waals surface area contributed by atoms with Gasteiger partial charge in [0.15, 0.2) is 11.5 Å². The first-order valence-corrected chi connectivity index (χ1v) is 7.98. The molecule has 0 saturated carbocycles. The lowest BCUT2D eigenvalue weighted by atomic mass is 10.2. The lowest BCUT2D eigenvalue weighted by Crippen LogP contribution is -2.42. The lowest BCUT2D eigenvalue weighted by Gasteiger charge is -2.20. The number of hydrogen-bond donors (Lipinski definition) is 0. The SMILES string of the molecule is COC(=O)[C@H](C)N1C(=O)/C(=C/c2ccc3c(c2)OCO3)SC1=S. The molecule has 1 amide bonds. The van der Waals surface area contributed by atoms with Crippen molar-refractivity contribution in [3.63, 3.8) is 0 Å². The molecule has 1 aromatic rings. The van der Waals surface area contributed by atoms with Crippen LogP contribution in [0.4, 0.5) is 0 Å². The van der Waals surface area contributed by atoms with Gasteiger partial charge < -0.3 is 14.2 Å². The molecule has 2 aliphatic heterocycles. The summed E-state index contributed by atoms with van der Waals surface area (Å²) in [7, 11) is 1.28. The van der Waals surface area contributed by atoms with Gasteiger partial charge in [-0.15, -0.1) is 0 Å². The van der Waals surface area contributed by atoms with Gasteiger partial charge in [0.2, 0.25) is 6.79 Å². The van der Waals surface area contributed by atoms with E-state index in [2.05, 4.69) is 4.74 Å². The van der Waals surface area contributed by atoms with E-state index in [9.17, 15) is 9.59 Å². The number of thiocarbonyl (C=S) groups is 1. The highest BCUT2D eigenvalue weighted by Gasteiger charge is 2.38. The van der Waals surface area contributed by atoms with Gasteiger partial charge in [-0.1, -0.05) is 30.0 Å². The number of thioether (sulfide) groups is 1. The topological polar surface area (TPSA) is 65.1 Å². The molecule has 2 heterocycles. The van der Waals surface area contributed by atoms with E-state index in [1.165, 1.54) is 12.0 Å². The molecule has 8 heteroatoms. The van der Waals surface area contributed by atoms with Crippen LogP contribution in [-0.4, -0.2) is 41.0 Å². The number of fused-ring (bicyclic) bond motifs is 1. The molecule has 1 atom stereocenters. The molecule has 0 aromatic heterocycles. The molecule has 23 heavy (non-hydrogen) atoms. The van der Waals surface area contributed by atoms with Gasteiger partial charge in [-0.2, -0.15) is 0 Å². The van der Waals surface area contributed by atoms with E-state index < -0.39 is 12.0 Å². The van der Waals surface area contributed by atoms with E-state index in [1.807, 2.05) is 6.07 Å². The Hall–Kier alpha value is -2.06.